The molecule has 0 saturated heterocycles. The number of ketones is 1. The molecule has 1 heterocycles. The topological polar surface area (TPSA) is 30.0 Å². The molecule has 15 heavy (non-hydrogen) atoms. The molecule has 0 aromatic carbocycles. The predicted molar refractivity (Wildman–Crippen MR) is 62.3 cm³/mol. The van der Waals surface area contributed by atoms with E-state index in [1.54, 1.807) is 5.51 Å². The van der Waals surface area contributed by atoms with Crippen LogP contribution in [-0.2, 0) is 0 Å². The molecule has 0 bridgehead atoms. The van der Waals surface area contributed by atoms with Gasteiger partial charge in [0.1, 0.15) is 5.69 Å². The number of thiazole rings is 1. The molecule has 1 aliphatic carbocycles. The molecule has 1 aromatic rings. The van der Waals surface area contributed by atoms with Crippen molar-refractivity contribution in [2.75, 3.05) is 0 Å². The first-order valence-corrected chi connectivity index (χ1v) is 6.72. The zero-order valence-electron chi connectivity index (χ0n) is 8.95. The summed E-state index contributed by atoms with van der Waals surface area (Å²) >= 11 is 1.50. The molecule has 2 nitrogen and oxygen atoms in total. The molecule has 0 radical (unpaired) electrons. The van der Waals surface area contributed by atoms with Crippen molar-refractivity contribution in [3.8, 4) is 0 Å². The third-order valence-electron chi connectivity index (χ3n) is 3.17. The number of hydrogen-bond acceptors (Lipinski definition) is 3. The van der Waals surface area contributed by atoms with Crippen molar-refractivity contribution < 1.29 is 4.79 Å². The summed E-state index contributed by atoms with van der Waals surface area (Å²) in [6.45, 7) is 0. The Hall–Kier alpha value is -0.700. The molecule has 0 N–H and O–H groups in total. The Balaban J connectivity index is 1.87. The fourth-order valence-corrected chi connectivity index (χ4v) is 2.84. The SMILES string of the molecule is O=C(CC1CCCCCC1)c1cscn1. The van der Waals surface area contributed by atoms with Crippen LogP contribution in [0.2, 0.25) is 0 Å². The fourth-order valence-electron chi connectivity index (χ4n) is 2.29. The number of aromatic nitrogens is 1. The van der Waals surface area contributed by atoms with E-state index in [4.69, 9.17) is 0 Å². The molecule has 0 spiro atoms. The highest BCUT2D eigenvalue weighted by molar-refractivity contribution is 7.07. The summed E-state index contributed by atoms with van der Waals surface area (Å²) in [5, 5.41) is 1.86. The van der Waals surface area contributed by atoms with E-state index in [1.165, 1.54) is 49.9 Å². The molecule has 2 rings (SSSR count). The lowest BCUT2D eigenvalue weighted by molar-refractivity contribution is 0.0953. The van der Waals surface area contributed by atoms with Crippen LogP contribution >= 0.6 is 11.3 Å². The van der Waals surface area contributed by atoms with Crippen molar-refractivity contribution in [1.29, 1.82) is 0 Å². The quantitative estimate of drug-likeness (QED) is 0.578. The zero-order valence-corrected chi connectivity index (χ0v) is 9.76. The van der Waals surface area contributed by atoms with Gasteiger partial charge in [0.15, 0.2) is 5.78 Å². The summed E-state index contributed by atoms with van der Waals surface area (Å²) < 4.78 is 0. The standard InChI is InChI=1S/C12H17NOS/c14-12(11-8-15-9-13-11)7-10-5-3-1-2-4-6-10/h8-10H,1-7H2. The minimum atomic E-state index is 0.239. The Kier molecular flexibility index (Phi) is 3.89. The monoisotopic (exact) mass is 223 g/mol. The molecule has 1 aromatic heterocycles. The smallest absolute Gasteiger partial charge is 0.182 e. The highest BCUT2D eigenvalue weighted by Crippen LogP contribution is 2.26. The molecule has 0 aliphatic heterocycles. The van der Waals surface area contributed by atoms with Crippen LogP contribution in [0.1, 0.15) is 55.4 Å². The maximum Gasteiger partial charge on any atom is 0.182 e. The second-order valence-corrected chi connectivity index (χ2v) is 5.08. The summed E-state index contributed by atoms with van der Waals surface area (Å²) in [4.78, 5) is 15.9. The van der Waals surface area contributed by atoms with Gasteiger partial charge in [-0.1, -0.05) is 38.5 Å². The van der Waals surface area contributed by atoms with Crippen LogP contribution in [0.15, 0.2) is 10.9 Å². The van der Waals surface area contributed by atoms with Crippen LogP contribution in [0.5, 0.6) is 0 Å². The lowest BCUT2D eigenvalue weighted by Gasteiger charge is -2.11. The van der Waals surface area contributed by atoms with E-state index >= 15 is 0 Å². The minimum absolute atomic E-state index is 0.239. The van der Waals surface area contributed by atoms with Gasteiger partial charge in [0.2, 0.25) is 0 Å². The summed E-state index contributed by atoms with van der Waals surface area (Å²) in [7, 11) is 0. The molecule has 1 aliphatic rings. The molecule has 0 unspecified atom stereocenters. The summed E-state index contributed by atoms with van der Waals surface area (Å²) in [5.41, 5.74) is 2.41. The highest BCUT2D eigenvalue weighted by Gasteiger charge is 2.17. The number of carbonyl (C=O) groups is 1. The largest absolute Gasteiger partial charge is 0.292 e. The van der Waals surface area contributed by atoms with Gasteiger partial charge in [0.05, 0.1) is 5.51 Å². The maximum absolute atomic E-state index is 11.8. The van der Waals surface area contributed by atoms with E-state index in [-0.39, 0.29) is 5.78 Å². The minimum Gasteiger partial charge on any atom is -0.292 e. The number of rotatable bonds is 3. The first-order chi connectivity index (χ1) is 7.36. The first-order valence-electron chi connectivity index (χ1n) is 5.77. The average molecular weight is 223 g/mol. The van der Waals surface area contributed by atoms with Crippen molar-refractivity contribution in [2.24, 2.45) is 5.92 Å². The Morgan fingerprint density at radius 1 is 1.33 bits per heavy atom. The van der Waals surface area contributed by atoms with Gasteiger partial charge < -0.3 is 0 Å². The third-order valence-corrected chi connectivity index (χ3v) is 3.75. The van der Waals surface area contributed by atoms with Gasteiger partial charge in [-0.25, -0.2) is 4.98 Å². The molecular formula is C12H17NOS. The van der Waals surface area contributed by atoms with E-state index in [0.717, 1.165) is 0 Å². The van der Waals surface area contributed by atoms with Gasteiger partial charge in [-0.3, -0.25) is 4.79 Å². The van der Waals surface area contributed by atoms with Crippen molar-refractivity contribution in [1.82, 2.24) is 4.98 Å². The van der Waals surface area contributed by atoms with Crippen molar-refractivity contribution in [3.05, 3.63) is 16.6 Å². The zero-order chi connectivity index (χ0) is 10.5. The predicted octanol–water partition coefficient (Wildman–Crippen LogP) is 3.69. The van der Waals surface area contributed by atoms with Crippen LogP contribution in [0.4, 0.5) is 0 Å². The second-order valence-electron chi connectivity index (χ2n) is 4.36. The summed E-state index contributed by atoms with van der Waals surface area (Å²) in [5.74, 6) is 0.852. The normalized spacial score (nSPS) is 18.7. The van der Waals surface area contributed by atoms with E-state index in [9.17, 15) is 4.79 Å². The highest BCUT2D eigenvalue weighted by atomic mass is 32.1. The van der Waals surface area contributed by atoms with Crippen molar-refractivity contribution in [3.63, 3.8) is 0 Å². The number of Topliss-reactive ketones (excluding diaryl/α,β-unsaturated/α-hetero) is 1. The fraction of sp³-hybridized carbons (Fsp3) is 0.667. The molecule has 1 saturated carbocycles. The number of carbonyl (C=O) groups excluding carboxylic acids is 1. The second kappa shape index (κ2) is 5.40. The van der Waals surface area contributed by atoms with E-state index < -0.39 is 0 Å². The molecule has 1 fully saturated rings. The molecule has 0 amide bonds. The molecule has 82 valence electrons. The molecule has 0 atom stereocenters. The van der Waals surface area contributed by atoms with E-state index in [0.29, 0.717) is 18.0 Å². The molecule has 3 heteroatoms. The summed E-state index contributed by atoms with van der Waals surface area (Å²) in [6, 6.07) is 0. The van der Waals surface area contributed by atoms with Gasteiger partial charge >= 0.3 is 0 Å². The van der Waals surface area contributed by atoms with E-state index in [2.05, 4.69) is 4.98 Å². The lowest BCUT2D eigenvalue weighted by atomic mass is 9.94. The maximum atomic E-state index is 11.8. The van der Waals surface area contributed by atoms with Crippen LogP contribution in [0.3, 0.4) is 0 Å². The Morgan fingerprint density at radius 3 is 2.67 bits per heavy atom. The van der Waals surface area contributed by atoms with Gasteiger partial charge in [0.25, 0.3) is 0 Å². The number of nitrogens with zero attached hydrogens (tertiary/aromatic N) is 1. The van der Waals surface area contributed by atoms with Gasteiger partial charge in [-0.05, 0) is 5.92 Å². The van der Waals surface area contributed by atoms with Gasteiger partial charge in [-0.15, -0.1) is 11.3 Å². The van der Waals surface area contributed by atoms with E-state index in [1.807, 2.05) is 5.38 Å². The van der Waals surface area contributed by atoms with Crippen molar-refractivity contribution in [2.45, 2.75) is 44.9 Å². The Labute approximate surface area is 94.7 Å². The lowest BCUT2D eigenvalue weighted by Crippen LogP contribution is -2.08. The van der Waals surface area contributed by atoms with Gasteiger partial charge in [-0.2, -0.15) is 0 Å². The number of hydrogen-bond donors (Lipinski definition) is 0. The van der Waals surface area contributed by atoms with Crippen LogP contribution in [0.25, 0.3) is 0 Å². The summed E-state index contributed by atoms with van der Waals surface area (Å²) in [6.07, 6.45) is 8.47. The third kappa shape index (κ3) is 3.13. The van der Waals surface area contributed by atoms with Gasteiger partial charge in [0, 0.05) is 11.8 Å². The Bertz CT molecular complexity index is 299. The van der Waals surface area contributed by atoms with Crippen LogP contribution in [-0.4, -0.2) is 10.8 Å². The average Bonchev–Trinajstić information content (AvgIpc) is 2.65. The van der Waals surface area contributed by atoms with Crippen LogP contribution < -0.4 is 0 Å². The first kappa shape index (κ1) is 10.8. The molecular weight excluding hydrogens is 206 g/mol. The van der Waals surface area contributed by atoms with Crippen molar-refractivity contribution >= 4 is 17.1 Å². The Morgan fingerprint density at radius 2 is 2.07 bits per heavy atom. The van der Waals surface area contributed by atoms with Crippen LogP contribution in [0, 0.1) is 5.92 Å².